The first-order valence-corrected chi connectivity index (χ1v) is 8.89. The van der Waals surface area contributed by atoms with Gasteiger partial charge in [0.25, 0.3) is 0 Å². The molecule has 24 heavy (non-hydrogen) atoms. The van der Waals surface area contributed by atoms with Crippen molar-refractivity contribution in [2.24, 2.45) is 5.92 Å². The van der Waals surface area contributed by atoms with Crippen LogP contribution in [-0.2, 0) is 0 Å². The van der Waals surface area contributed by atoms with Crippen molar-refractivity contribution in [3.63, 3.8) is 0 Å². The zero-order chi connectivity index (χ0) is 17.5. The molecule has 1 fully saturated rings. The summed E-state index contributed by atoms with van der Waals surface area (Å²) in [6.45, 7) is 0. The number of hydrogen-bond donors (Lipinski definition) is 3. The lowest BCUT2D eigenvalue weighted by molar-refractivity contribution is -0.285. The first-order valence-electron chi connectivity index (χ1n) is 6.73. The highest BCUT2D eigenvalue weighted by molar-refractivity contribution is 7.80. The molecule has 3 N–H and O–H groups in total. The van der Waals surface area contributed by atoms with E-state index in [0.717, 1.165) is 11.3 Å². The fourth-order valence-corrected chi connectivity index (χ4v) is 4.42. The predicted molar refractivity (Wildman–Crippen MR) is 89.1 cm³/mol. The number of thiophene rings is 2. The van der Waals surface area contributed by atoms with Gasteiger partial charge in [-0.15, -0.1) is 22.7 Å². The molecule has 0 bridgehead atoms. The normalized spacial score (nSPS) is 27.4. The van der Waals surface area contributed by atoms with Gasteiger partial charge in [-0.25, -0.2) is 0 Å². The molecule has 0 aromatic carbocycles. The number of carbonyl (C=O) groups excluding carboxylic acids is 1. The van der Waals surface area contributed by atoms with E-state index in [2.05, 4.69) is 5.32 Å². The van der Waals surface area contributed by atoms with E-state index in [1.54, 1.807) is 29.0 Å². The van der Waals surface area contributed by atoms with E-state index in [-0.39, 0.29) is 9.99 Å². The van der Waals surface area contributed by atoms with Crippen molar-refractivity contribution in [3.8, 4) is 0 Å². The zero-order valence-electron chi connectivity index (χ0n) is 11.8. The smallest absolute Gasteiger partial charge is 0.363 e. The second-order valence-electron chi connectivity index (χ2n) is 5.17. The summed E-state index contributed by atoms with van der Waals surface area (Å²) < 4.78 is 40.9. The van der Waals surface area contributed by atoms with Crippen molar-refractivity contribution in [1.82, 2.24) is 10.6 Å². The highest BCUT2D eigenvalue weighted by atomic mass is 32.1. The van der Waals surface area contributed by atoms with Gasteiger partial charge in [0.15, 0.2) is 10.9 Å². The van der Waals surface area contributed by atoms with E-state index in [4.69, 9.17) is 12.2 Å². The first-order chi connectivity index (χ1) is 11.2. The minimum atomic E-state index is -5.09. The van der Waals surface area contributed by atoms with E-state index in [0.29, 0.717) is 4.88 Å². The number of hydrogen-bond acceptors (Lipinski definition) is 5. The van der Waals surface area contributed by atoms with E-state index >= 15 is 0 Å². The lowest BCUT2D eigenvalue weighted by Gasteiger charge is -2.45. The SMILES string of the molecule is O=C(c1cccs1)[C@H]1[C@@H](c2cccs2)NC(=S)N[C@@]1(O)C(F)(F)F. The molecule has 1 aliphatic heterocycles. The van der Waals surface area contributed by atoms with Crippen LogP contribution in [0.15, 0.2) is 35.0 Å². The third kappa shape index (κ3) is 2.83. The van der Waals surface area contributed by atoms with E-state index in [1.807, 2.05) is 5.32 Å². The van der Waals surface area contributed by atoms with Gasteiger partial charge in [-0.2, -0.15) is 13.2 Å². The third-order valence-corrected chi connectivity index (χ3v) is 5.76. The summed E-state index contributed by atoms with van der Waals surface area (Å²) in [6.07, 6.45) is -5.09. The molecule has 3 atom stereocenters. The minimum absolute atomic E-state index is 0.139. The Morgan fingerprint density at radius 1 is 1.25 bits per heavy atom. The predicted octanol–water partition coefficient (Wildman–Crippen LogP) is 3.08. The van der Waals surface area contributed by atoms with Crippen molar-refractivity contribution in [1.29, 1.82) is 0 Å². The molecule has 0 amide bonds. The van der Waals surface area contributed by atoms with Gasteiger partial charge in [-0.05, 0) is 35.1 Å². The number of halogens is 3. The Labute approximate surface area is 148 Å². The molecule has 3 heterocycles. The Kier molecular flexibility index (Phi) is 4.41. The van der Waals surface area contributed by atoms with Crippen LogP contribution in [0.4, 0.5) is 13.2 Å². The van der Waals surface area contributed by atoms with Crippen molar-refractivity contribution >= 4 is 45.8 Å². The molecule has 128 valence electrons. The molecule has 1 saturated heterocycles. The van der Waals surface area contributed by atoms with Crippen LogP contribution >= 0.6 is 34.9 Å². The fourth-order valence-electron chi connectivity index (χ4n) is 2.62. The molecule has 3 rings (SSSR count). The fraction of sp³-hybridized carbons (Fsp3) is 0.286. The van der Waals surface area contributed by atoms with Crippen LogP contribution < -0.4 is 10.6 Å². The van der Waals surface area contributed by atoms with Crippen LogP contribution in [0.2, 0.25) is 0 Å². The molecule has 2 aromatic rings. The first kappa shape index (κ1) is 17.3. The lowest BCUT2D eigenvalue weighted by Crippen LogP contribution is -2.72. The Balaban J connectivity index is 2.13. The number of carbonyl (C=O) groups is 1. The maximum Gasteiger partial charge on any atom is 0.437 e. The standard InChI is InChI=1S/C14H11F3N2O2S3/c15-14(16,17)13(21)9(11(20)8-4-2-6-24-8)10(18-12(22)19-13)7-3-1-5-23-7/h1-6,9-10,21H,(H2,18,19,22)/t9-,10-,13+/m1/s1. The summed E-state index contributed by atoms with van der Waals surface area (Å²) in [7, 11) is 0. The van der Waals surface area contributed by atoms with Gasteiger partial charge in [0.2, 0.25) is 5.72 Å². The Morgan fingerprint density at radius 2 is 1.92 bits per heavy atom. The summed E-state index contributed by atoms with van der Waals surface area (Å²) >= 11 is 7.03. The average molecular weight is 392 g/mol. The summed E-state index contributed by atoms with van der Waals surface area (Å²) in [5.74, 6) is -2.62. The van der Waals surface area contributed by atoms with Crippen LogP contribution in [0.25, 0.3) is 0 Å². The van der Waals surface area contributed by atoms with E-state index in [1.165, 1.54) is 17.4 Å². The molecule has 0 spiro atoms. The van der Waals surface area contributed by atoms with Crippen LogP contribution in [-0.4, -0.2) is 27.9 Å². The number of aliphatic hydroxyl groups is 1. The monoisotopic (exact) mass is 392 g/mol. The van der Waals surface area contributed by atoms with Crippen molar-refractivity contribution in [2.45, 2.75) is 17.9 Å². The lowest BCUT2D eigenvalue weighted by atomic mass is 9.81. The van der Waals surface area contributed by atoms with E-state index in [9.17, 15) is 23.1 Å². The maximum atomic E-state index is 13.6. The zero-order valence-corrected chi connectivity index (χ0v) is 14.3. The highest BCUT2D eigenvalue weighted by Crippen LogP contribution is 2.45. The number of alkyl halides is 3. The summed E-state index contributed by atoms with van der Waals surface area (Å²) in [6, 6.07) is 5.18. The summed E-state index contributed by atoms with van der Waals surface area (Å²) in [5, 5.41) is 17.9. The maximum absolute atomic E-state index is 13.6. The van der Waals surface area contributed by atoms with Crippen molar-refractivity contribution in [3.05, 3.63) is 44.8 Å². The molecular formula is C14H11F3N2O2S3. The molecule has 0 saturated carbocycles. The average Bonchev–Trinajstić information content (AvgIpc) is 3.18. The highest BCUT2D eigenvalue weighted by Gasteiger charge is 2.66. The van der Waals surface area contributed by atoms with E-state index < -0.39 is 29.6 Å². The van der Waals surface area contributed by atoms with Crippen LogP contribution in [0, 0.1) is 5.92 Å². The Bertz CT molecular complexity index is 746. The van der Waals surface area contributed by atoms with Crippen LogP contribution in [0.1, 0.15) is 20.6 Å². The van der Waals surface area contributed by atoms with Gasteiger partial charge in [0.05, 0.1) is 10.9 Å². The number of ketones is 1. The molecule has 0 aliphatic carbocycles. The second kappa shape index (κ2) is 6.10. The van der Waals surface area contributed by atoms with Gasteiger partial charge in [-0.1, -0.05) is 12.1 Å². The number of thiocarbonyl (C=S) groups is 1. The quantitative estimate of drug-likeness (QED) is 0.554. The number of nitrogens with one attached hydrogen (secondary N) is 2. The van der Waals surface area contributed by atoms with Crippen molar-refractivity contribution < 1.29 is 23.1 Å². The molecular weight excluding hydrogens is 381 g/mol. The Hall–Kier alpha value is -1.49. The molecule has 4 nitrogen and oxygen atoms in total. The van der Waals surface area contributed by atoms with Crippen LogP contribution in [0.3, 0.4) is 0 Å². The van der Waals surface area contributed by atoms with Gasteiger partial charge in [0.1, 0.15) is 5.92 Å². The van der Waals surface area contributed by atoms with Crippen molar-refractivity contribution in [2.75, 3.05) is 0 Å². The van der Waals surface area contributed by atoms with Gasteiger partial charge in [0, 0.05) is 4.88 Å². The Morgan fingerprint density at radius 3 is 2.46 bits per heavy atom. The largest absolute Gasteiger partial charge is 0.437 e. The number of rotatable bonds is 3. The van der Waals surface area contributed by atoms with Gasteiger partial charge < -0.3 is 15.7 Å². The molecule has 0 unspecified atom stereocenters. The molecule has 2 aromatic heterocycles. The van der Waals surface area contributed by atoms with Crippen LogP contribution in [0.5, 0.6) is 0 Å². The third-order valence-electron chi connectivity index (χ3n) is 3.70. The molecule has 0 radical (unpaired) electrons. The second-order valence-corrected chi connectivity index (χ2v) is 7.51. The number of Topliss-reactive ketones (excluding diaryl/α,β-unsaturated/α-hetero) is 1. The summed E-state index contributed by atoms with van der Waals surface area (Å²) in [4.78, 5) is 13.4. The minimum Gasteiger partial charge on any atom is -0.363 e. The summed E-state index contributed by atoms with van der Waals surface area (Å²) in [5.41, 5.74) is -3.45. The molecule has 1 aliphatic rings. The van der Waals surface area contributed by atoms with Gasteiger partial charge in [-0.3, -0.25) is 4.79 Å². The molecule has 10 heteroatoms. The van der Waals surface area contributed by atoms with Gasteiger partial charge >= 0.3 is 6.18 Å². The topological polar surface area (TPSA) is 61.4 Å².